The second-order valence-electron chi connectivity index (χ2n) is 8.31. The topological polar surface area (TPSA) is 60.0 Å². The van der Waals surface area contributed by atoms with E-state index in [1.54, 1.807) is 26.0 Å². The van der Waals surface area contributed by atoms with Crippen LogP contribution in [0.1, 0.15) is 48.5 Å². The molecule has 2 N–H and O–H groups in total. The summed E-state index contributed by atoms with van der Waals surface area (Å²) in [5, 5.41) is 6.77. The van der Waals surface area contributed by atoms with Crippen molar-refractivity contribution in [3.63, 3.8) is 0 Å². The lowest BCUT2D eigenvalue weighted by Gasteiger charge is -2.30. The summed E-state index contributed by atoms with van der Waals surface area (Å²) >= 11 is 0. The first kappa shape index (κ1) is 26.7. The maximum Gasteiger partial charge on any atom is 0.253 e. The van der Waals surface area contributed by atoms with Gasteiger partial charge < -0.3 is 20.4 Å². The molecular weight excluding hydrogens is 489 g/mol. The third-order valence-corrected chi connectivity index (χ3v) is 5.58. The molecule has 0 spiro atoms. The summed E-state index contributed by atoms with van der Waals surface area (Å²) in [5.41, 5.74) is 1.88. The number of unbranched alkanes of at least 4 members (excludes halogenated alkanes) is 1. The number of carbonyl (C=O) groups is 1. The van der Waals surface area contributed by atoms with Crippen molar-refractivity contribution in [2.24, 2.45) is 10.9 Å². The van der Waals surface area contributed by atoms with Gasteiger partial charge >= 0.3 is 0 Å². The molecule has 1 saturated heterocycles. The first-order valence-corrected chi connectivity index (χ1v) is 11.0. The molecule has 1 fully saturated rings. The molecule has 1 amide bonds. The SMILES string of the molecule is CN=C(NCCCCN1CCC(C)CC1)NCCc1cccc(C(=O)N(C)C)c1.I. The van der Waals surface area contributed by atoms with Crippen LogP contribution in [0.2, 0.25) is 0 Å². The monoisotopic (exact) mass is 529 g/mol. The molecule has 0 unspecified atom stereocenters. The van der Waals surface area contributed by atoms with Gasteiger partial charge in [-0.15, -0.1) is 24.0 Å². The smallest absolute Gasteiger partial charge is 0.253 e. The molecule has 1 aromatic carbocycles. The number of hydrogen-bond acceptors (Lipinski definition) is 3. The Kier molecular flexibility index (Phi) is 13.0. The van der Waals surface area contributed by atoms with Crippen molar-refractivity contribution in [1.29, 1.82) is 0 Å². The van der Waals surface area contributed by atoms with Crippen LogP contribution in [0.3, 0.4) is 0 Å². The van der Waals surface area contributed by atoms with Crippen LogP contribution < -0.4 is 10.6 Å². The minimum atomic E-state index is 0. The van der Waals surface area contributed by atoms with E-state index in [4.69, 9.17) is 0 Å². The molecular formula is C23H40IN5O. The largest absolute Gasteiger partial charge is 0.356 e. The molecule has 0 aromatic heterocycles. The van der Waals surface area contributed by atoms with Crippen molar-refractivity contribution < 1.29 is 4.79 Å². The summed E-state index contributed by atoms with van der Waals surface area (Å²) in [6.07, 6.45) is 5.93. The van der Waals surface area contributed by atoms with E-state index in [1.165, 1.54) is 38.9 Å². The summed E-state index contributed by atoms with van der Waals surface area (Å²) in [6, 6.07) is 7.85. The fourth-order valence-electron chi connectivity index (χ4n) is 3.62. The van der Waals surface area contributed by atoms with Gasteiger partial charge in [-0.1, -0.05) is 19.1 Å². The second-order valence-corrected chi connectivity index (χ2v) is 8.31. The number of aliphatic imine (C=N–C) groups is 1. The zero-order valence-electron chi connectivity index (χ0n) is 19.1. The van der Waals surface area contributed by atoms with E-state index in [1.807, 2.05) is 18.2 Å². The number of nitrogens with zero attached hydrogens (tertiary/aromatic N) is 3. The Balaban J connectivity index is 0.00000450. The highest BCUT2D eigenvalue weighted by molar-refractivity contribution is 14.0. The third kappa shape index (κ3) is 9.64. The van der Waals surface area contributed by atoms with Crippen molar-refractivity contribution in [2.75, 3.05) is 53.9 Å². The van der Waals surface area contributed by atoms with Gasteiger partial charge in [0.1, 0.15) is 0 Å². The predicted molar refractivity (Wildman–Crippen MR) is 137 cm³/mol. The summed E-state index contributed by atoms with van der Waals surface area (Å²) in [4.78, 5) is 20.6. The highest BCUT2D eigenvalue weighted by atomic mass is 127. The lowest BCUT2D eigenvalue weighted by atomic mass is 9.99. The molecule has 0 aliphatic carbocycles. The van der Waals surface area contributed by atoms with Gasteiger partial charge in [-0.05, 0) is 75.4 Å². The molecule has 0 bridgehead atoms. The summed E-state index contributed by atoms with van der Waals surface area (Å²) in [6.45, 7) is 7.82. The van der Waals surface area contributed by atoms with E-state index in [2.05, 4.69) is 33.5 Å². The van der Waals surface area contributed by atoms with Gasteiger partial charge in [-0.25, -0.2) is 0 Å². The highest BCUT2D eigenvalue weighted by Crippen LogP contribution is 2.16. The van der Waals surface area contributed by atoms with Gasteiger partial charge in [0, 0.05) is 39.8 Å². The Morgan fingerprint density at radius 3 is 2.53 bits per heavy atom. The number of piperidine rings is 1. The van der Waals surface area contributed by atoms with Crippen LogP contribution in [0.15, 0.2) is 29.3 Å². The van der Waals surface area contributed by atoms with Crippen LogP contribution in [0.5, 0.6) is 0 Å². The van der Waals surface area contributed by atoms with E-state index in [0.717, 1.165) is 48.9 Å². The highest BCUT2D eigenvalue weighted by Gasteiger charge is 2.14. The van der Waals surface area contributed by atoms with Crippen molar-refractivity contribution in [3.05, 3.63) is 35.4 Å². The van der Waals surface area contributed by atoms with Crippen molar-refractivity contribution in [1.82, 2.24) is 20.4 Å². The maximum atomic E-state index is 12.1. The fourth-order valence-corrected chi connectivity index (χ4v) is 3.62. The molecule has 2 rings (SSSR count). The Morgan fingerprint density at radius 2 is 1.87 bits per heavy atom. The van der Waals surface area contributed by atoms with E-state index in [9.17, 15) is 4.79 Å². The van der Waals surface area contributed by atoms with Gasteiger partial charge in [0.15, 0.2) is 5.96 Å². The first-order chi connectivity index (χ1) is 14.0. The van der Waals surface area contributed by atoms with E-state index in [0.29, 0.717) is 0 Å². The molecule has 6 nitrogen and oxygen atoms in total. The molecule has 30 heavy (non-hydrogen) atoms. The van der Waals surface area contributed by atoms with Crippen molar-refractivity contribution in [3.8, 4) is 0 Å². The number of hydrogen-bond donors (Lipinski definition) is 2. The Bertz CT molecular complexity index is 657. The number of nitrogens with one attached hydrogen (secondary N) is 2. The van der Waals surface area contributed by atoms with E-state index >= 15 is 0 Å². The molecule has 1 aliphatic heterocycles. The molecule has 0 saturated carbocycles. The average Bonchev–Trinajstić information content (AvgIpc) is 2.73. The Hall–Kier alpha value is -1.35. The number of amides is 1. The minimum absolute atomic E-state index is 0. The zero-order chi connectivity index (χ0) is 21.1. The van der Waals surface area contributed by atoms with Crippen LogP contribution in [0.25, 0.3) is 0 Å². The molecule has 1 aliphatic rings. The summed E-state index contributed by atoms with van der Waals surface area (Å²) in [5.74, 6) is 1.78. The predicted octanol–water partition coefficient (Wildman–Crippen LogP) is 3.23. The number of carbonyl (C=O) groups excluding carboxylic acids is 1. The normalized spacial score (nSPS) is 15.4. The van der Waals surface area contributed by atoms with Crippen LogP contribution in [-0.2, 0) is 6.42 Å². The summed E-state index contributed by atoms with van der Waals surface area (Å²) < 4.78 is 0. The van der Waals surface area contributed by atoms with Crippen LogP contribution in [0.4, 0.5) is 0 Å². The maximum absolute atomic E-state index is 12.1. The zero-order valence-corrected chi connectivity index (χ0v) is 21.4. The molecule has 170 valence electrons. The first-order valence-electron chi connectivity index (χ1n) is 11.0. The van der Waals surface area contributed by atoms with Crippen LogP contribution in [0, 0.1) is 5.92 Å². The second kappa shape index (κ2) is 14.6. The summed E-state index contributed by atoms with van der Waals surface area (Å²) in [7, 11) is 5.36. The van der Waals surface area contributed by atoms with Gasteiger partial charge in [-0.3, -0.25) is 9.79 Å². The lowest BCUT2D eigenvalue weighted by Crippen LogP contribution is -2.39. The standard InChI is InChI=1S/C23H39N5O.HI/c1-19-11-16-28(17-12-19)15-6-5-13-25-23(24-2)26-14-10-20-8-7-9-21(18-20)22(29)27(3)4;/h7-9,18-19H,5-6,10-17H2,1-4H3,(H2,24,25,26);1H. The van der Waals surface area contributed by atoms with Gasteiger partial charge in [0.05, 0.1) is 0 Å². The van der Waals surface area contributed by atoms with Gasteiger partial charge in [-0.2, -0.15) is 0 Å². The fraction of sp³-hybridized carbons (Fsp3) is 0.652. The van der Waals surface area contributed by atoms with Gasteiger partial charge in [0.2, 0.25) is 0 Å². The number of benzene rings is 1. The van der Waals surface area contributed by atoms with E-state index < -0.39 is 0 Å². The van der Waals surface area contributed by atoms with Crippen molar-refractivity contribution >= 4 is 35.8 Å². The van der Waals surface area contributed by atoms with Gasteiger partial charge in [0.25, 0.3) is 5.91 Å². The van der Waals surface area contributed by atoms with E-state index in [-0.39, 0.29) is 29.9 Å². The quantitative estimate of drug-likeness (QED) is 0.223. The number of rotatable bonds is 9. The molecule has 1 aromatic rings. The molecule has 7 heteroatoms. The molecule has 0 radical (unpaired) electrons. The van der Waals surface area contributed by atoms with Crippen LogP contribution in [-0.4, -0.2) is 75.5 Å². The van der Waals surface area contributed by atoms with Crippen LogP contribution >= 0.6 is 24.0 Å². The minimum Gasteiger partial charge on any atom is -0.356 e. The Morgan fingerprint density at radius 1 is 1.17 bits per heavy atom. The van der Waals surface area contributed by atoms with Crippen molar-refractivity contribution in [2.45, 2.75) is 39.0 Å². The number of likely N-dealkylation sites (tertiary alicyclic amines) is 1. The lowest BCUT2D eigenvalue weighted by molar-refractivity contribution is 0.0827. The molecule has 0 atom stereocenters. The number of guanidine groups is 1. The number of halogens is 1. The Labute approximate surface area is 199 Å². The molecule has 1 heterocycles. The average molecular weight is 530 g/mol. The third-order valence-electron chi connectivity index (χ3n) is 5.58.